The molecule has 2 saturated heterocycles. The molecule has 0 aliphatic carbocycles. The molecular weight excluding hydrogens is 313 g/mol. The molecule has 2 amide bonds. The van der Waals surface area contributed by atoms with Crippen LogP contribution in [0.1, 0.15) is 23.2 Å². The Bertz CT molecular complexity index is 617. The van der Waals surface area contributed by atoms with E-state index in [1.54, 1.807) is 15.9 Å². The Labute approximate surface area is 140 Å². The molecule has 0 bridgehead atoms. The first kappa shape index (κ1) is 16.9. The Morgan fingerprint density at radius 1 is 1.17 bits per heavy atom. The predicted octanol–water partition coefficient (Wildman–Crippen LogP) is 0.616. The summed E-state index contributed by atoms with van der Waals surface area (Å²) in [5, 5.41) is 0. The Balaban J connectivity index is 1.54. The molecule has 0 saturated carbocycles. The fourth-order valence-electron chi connectivity index (χ4n) is 3.20. The number of nitrogens with two attached hydrogens (primary N) is 1. The second kappa shape index (κ2) is 7.27. The van der Waals surface area contributed by atoms with E-state index in [-0.39, 0.29) is 17.9 Å². The van der Waals surface area contributed by atoms with Crippen LogP contribution in [0, 0.1) is 5.82 Å². The molecule has 2 heterocycles. The Kier molecular flexibility index (Phi) is 5.11. The summed E-state index contributed by atoms with van der Waals surface area (Å²) in [6.07, 6.45) is 1.06. The average Bonchev–Trinajstić information content (AvgIpc) is 3.10. The third-order valence-corrected chi connectivity index (χ3v) is 4.60. The fraction of sp³-hybridized carbons (Fsp3) is 0.529. The van der Waals surface area contributed by atoms with E-state index < -0.39 is 11.9 Å². The highest BCUT2D eigenvalue weighted by atomic mass is 19.1. The van der Waals surface area contributed by atoms with Gasteiger partial charge in [-0.1, -0.05) is 6.07 Å². The number of carbonyl (C=O) groups excluding carboxylic acids is 2. The quantitative estimate of drug-likeness (QED) is 0.878. The lowest BCUT2D eigenvalue weighted by molar-refractivity contribution is -0.144. The van der Waals surface area contributed by atoms with Crippen LogP contribution >= 0.6 is 0 Å². The molecule has 0 radical (unpaired) electrons. The molecule has 2 N–H and O–H groups in total. The molecule has 1 aromatic carbocycles. The molecule has 7 heteroatoms. The fourth-order valence-corrected chi connectivity index (χ4v) is 3.20. The number of benzene rings is 1. The normalized spacial score (nSPS) is 24.2. The third-order valence-electron chi connectivity index (χ3n) is 4.60. The van der Waals surface area contributed by atoms with Crippen molar-refractivity contribution in [2.75, 3.05) is 32.7 Å². The minimum Gasteiger partial charge on any atom is -0.364 e. The van der Waals surface area contributed by atoms with Crippen molar-refractivity contribution in [1.29, 1.82) is 0 Å². The van der Waals surface area contributed by atoms with Crippen LogP contribution in [-0.2, 0) is 9.53 Å². The molecule has 24 heavy (non-hydrogen) atoms. The van der Waals surface area contributed by atoms with Crippen molar-refractivity contribution >= 4 is 11.8 Å². The maximum atomic E-state index is 13.2. The summed E-state index contributed by atoms with van der Waals surface area (Å²) in [5.74, 6) is -0.659. The number of piperazine rings is 1. The molecule has 2 fully saturated rings. The molecule has 6 nitrogen and oxygen atoms in total. The molecule has 130 valence electrons. The van der Waals surface area contributed by atoms with Gasteiger partial charge in [-0.05, 0) is 31.0 Å². The lowest BCUT2D eigenvalue weighted by Gasteiger charge is -2.35. The van der Waals surface area contributed by atoms with Crippen LogP contribution in [0.3, 0.4) is 0 Å². The number of halogens is 1. The van der Waals surface area contributed by atoms with E-state index >= 15 is 0 Å². The van der Waals surface area contributed by atoms with Gasteiger partial charge in [0.2, 0.25) is 0 Å². The standard InChI is InChI=1S/C17H22FN3O3/c18-13-3-1-2-12(10-13)16(22)20-6-8-21(9-7-20)17(23)15-5-4-14(11-19)24-15/h1-3,10,14-15H,4-9,11,19H2/t14-,15+/m1/s1. The van der Waals surface area contributed by atoms with Gasteiger partial charge in [0, 0.05) is 38.3 Å². The molecule has 1 aromatic rings. The van der Waals surface area contributed by atoms with Crippen molar-refractivity contribution in [2.45, 2.75) is 25.0 Å². The first-order valence-corrected chi connectivity index (χ1v) is 8.27. The van der Waals surface area contributed by atoms with E-state index in [0.29, 0.717) is 44.7 Å². The third kappa shape index (κ3) is 3.57. The summed E-state index contributed by atoms with van der Waals surface area (Å²) in [5.41, 5.74) is 5.90. The summed E-state index contributed by atoms with van der Waals surface area (Å²) in [7, 11) is 0. The Morgan fingerprint density at radius 2 is 1.88 bits per heavy atom. The topological polar surface area (TPSA) is 75.9 Å². The van der Waals surface area contributed by atoms with Gasteiger partial charge in [0.1, 0.15) is 11.9 Å². The summed E-state index contributed by atoms with van der Waals surface area (Å²) >= 11 is 0. The van der Waals surface area contributed by atoms with Gasteiger partial charge in [0.25, 0.3) is 11.8 Å². The van der Waals surface area contributed by atoms with E-state index in [1.807, 2.05) is 0 Å². The van der Waals surface area contributed by atoms with E-state index in [9.17, 15) is 14.0 Å². The minimum absolute atomic E-state index is 0.0243. The Hall–Kier alpha value is -1.99. The van der Waals surface area contributed by atoms with E-state index in [2.05, 4.69) is 0 Å². The van der Waals surface area contributed by atoms with Gasteiger partial charge >= 0.3 is 0 Å². The first-order valence-electron chi connectivity index (χ1n) is 8.27. The summed E-state index contributed by atoms with van der Waals surface area (Å²) in [6.45, 7) is 2.24. The van der Waals surface area contributed by atoms with Crippen molar-refractivity contribution in [3.05, 3.63) is 35.6 Å². The van der Waals surface area contributed by atoms with Crippen LogP contribution in [0.2, 0.25) is 0 Å². The molecule has 2 aliphatic heterocycles. The zero-order chi connectivity index (χ0) is 17.1. The lowest BCUT2D eigenvalue weighted by Crippen LogP contribution is -2.53. The molecule has 2 aliphatic rings. The maximum Gasteiger partial charge on any atom is 0.254 e. The molecule has 0 unspecified atom stereocenters. The van der Waals surface area contributed by atoms with Crippen LogP contribution in [0.4, 0.5) is 4.39 Å². The van der Waals surface area contributed by atoms with Gasteiger partial charge in [-0.3, -0.25) is 9.59 Å². The van der Waals surface area contributed by atoms with E-state index in [0.717, 1.165) is 6.42 Å². The number of carbonyl (C=O) groups is 2. The lowest BCUT2D eigenvalue weighted by atomic mass is 10.1. The van der Waals surface area contributed by atoms with Gasteiger partial charge < -0.3 is 20.3 Å². The number of nitrogens with zero attached hydrogens (tertiary/aromatic N) is 2. The van der Waals surface area contributed by atoms with Crippen LogP contribution in [0.5, 0.6) is 0 Å². The van der Waals surface area contributed by atoms with Crippen LogP contribution in [-0.4, -0.2) is 66.5 Å². The number of hydrogen-bond acceptors (Lipinski definition) is 4. The number of hydrogen-bond donors (Lipinski definition) is 1. The minimum atomic E-state index is -0.428. The second-order valence-corrected chi connectivity index (χ2v) is 6.19. The van der Waals surface area contributed by atoms with Crippen molar-refractivity contribution in [2.24, 2.45) is 5.73 Å². The van der Waals surface area contributed by atoms with Crippen LogP contribution in [0.15, 0.2) is 24.3 Å². The predicted molar refractivity (Wildman–Crippen MR) is 85.8 cm³/mol. The second-order valence-electron chi connectivity index (χ2n) is 6.19. The van der Waals surface area contributed by atoms with Crippen molar-refractivity contribution < 1.29 is 18.7 Å². The zero-order valence-electron chi connectivity index (χ0n) is 13.5. The van der Waals surface area contributed by atoms with E-state index in [1.165, 1.54) is 18.2 Å². The van der Waals surface area contributed by atoms with Crippen molar-refractivity contribution in [3.63, 3.8) is 0 Å². The number of ether oxygens (including phenoxy) is 1. The molecule has 0 spiro atoms. The van der Waals surface area contributed by atoms with Gasteiger partial charge in [0.05, 0.1) is 6.10 Å². The molecule has 3 rings (SSSR count). The highest BCUT2D eigenvalue weighted by molar-refractivity contribution is 5.94. The average molecular weight is 335 g/mol. The van der Waals surface area contributed by atoms with Gasteiger partial charge in [-0.25, -0.2) is 4.39 Å². The molecule has 2 atom stereocenters. The van der Waals surface area contributed by atoms with Gasteiger partial charge in [0.15, 0.2) is 0 Å². The van der Waals surface area contributed by atoms with Gasteiger partial charge in [-0.2, -0.15) is 0 Å². The van der Waals surface area contributed by atoms with E-state index in [4.69, 9.17) is 10.5 Å². The highest BCUT2D eigenvalue weighted by Crippen LogP contribution is 2.21. The largest absolute Gasteiger partial charge is 0.364 e. The summed E-state index contributed by atoms with van der Waals surface area (Å²) < 4.78 is 18.9. The molecular formula is C17H22FN3O3. The first-order chi connectivity index (χ1) is 11.6. The number of amides is 2. The van der Waals surface area contributed by atoms with Crippen molar-refractivity contribution in [1.82, 2.24) is 9.80 Å². The van der Waals surface area contributed by atoms with Crippen LogP contribution in [0.25, 0.3) is 0 Å². The highest BCUT2D eigenvalue weighted by Gasteiger charge is 2.34. The smallest absolute Gasteiger partial charge is 0.254 e. The zero-order valence-corrected chi connectivity index (χ0v) is 13.5. The SMILES string of the molecule is NC[C@H]1CC[C@@H](C(=O)N2CCN(C(=O)c3cccc(F)c3)CC2)O1. The maximum absolute atomic E-state index is 13.2. The van der Waals surface area contributed by atoms with Gasteiger partial charge in [-0.15, -0.1) is 0 Å². The summed E-state index contributed by atoms with van der Waals surface area (Å²) in [6, 6.07) is 5.67. The van der Waals surface area contributed by atoms with Crippen LogP contribution < -0.4 is 5.73 Å². The molecule has 0 aromatic heterocycles. The number of rotatable bonds is 3. The monoisotopic (exact) mass is 335 g/mol. The van der Waals surface area contributed by atoms with Crippen molar-refractivity contribution in [3.8, 4) is 0 Å². The Morgan fingerprint density at radius 3 is 2.50 bits per heavy atom. The summed E-state index contributed by atoms with van der Waals surface area (Å²) in [4.78, 5) is 28.2.